The number of methoxy groups -OCH3 is 2. The number of benzene rings is 1. The van der Waals surface area contributed by atoms with Gasteiger partial charge < -0.3 is 9.47 Å². The Kier molecular flexibility index (Phi) is 2.80. The SMILES string of the molecule is COc1ccc(C2(N(C)C)CC2)cc1OC. The molecular formula is C13H19NO2. The summed E-state index contributed by atoms with van der Waals surface area (Å²) in [6.07, 6.45) is 2.44. The van der Waals surface area contributed by atoms with Gasteiger partial charge in [0.05, 0.1) is 14.2 Å². The van der Waals surface area contributed by atoms with Crippen molar-refractivity contribution < 1.29 is 9.47 Å². The van der Waals surface area contributed by atoms with Gasteiger partial charge >= 0.3 is 0 Å². The Morgan fingerprint density at radius 2 is 1.69 bits per heavy atom. The smallest absolute Gasteiger partial charge is 0.161 e. The normalized spacial score (nSPS) is 17.3. The van der Waals surface area contributed by atoms with Crippen molar-refractivity contribution in [3.05, 3.63) is 23.8 Å². The minimum absolute atomic E-state index is 0.222. The van der Waals surface area contributed by atoms with Gasteiger partial charge in [0.15, 0.2) is 11.5 Å². The second-order valence-electron chi connectivity index (χ2n) is 4.50. The van der Waals surface area contributed by atoms with E-state index in [1.807, 2.05) is 6.07 Å². The Labute approximate surface area is 97.0 Å². The number of hydrogen-bond acceptors (Lipinski definition) is 3. The van der Waals surface area contributed by atoms with E-state index in [0.717, 1.165) is 11.5 Å². The van der Waals surface area contributed by atoms with Crippen LogP contribution in [-0.2, 0) is 5.54 Å². The van der Waals surface area contributed by atoms with Crippen LogP contribution in [0.5, 0.6) is 11.5 Å². The molecule has 0 N–H and O–H groups in total. The molecule has 1 aromatic rings. The minimum atomic E-state index is 0.222. The zero-order valence-corrected chi connectivity index (χ0v) is 10.4. The Hall–Kier alpha value is -1.22. The second-order valence-corrected chi connectivity index (χ2v) is 4.50. The molecule has 0 bridgehead atoms. The van der Waals surface area contributed by atoms with Gasteiger partial charge in [-0.3, -0.25) is 4.90 Å². The molecule has 0 aromatic heterocycles. The van der Waals surface area contributed by atoms with Crippen molar-refractivity contribution >= 4 is 0 Å². The number of hydrogen-bond donors (Lipinski definition) is 0. The molecule has 1 aromatic carbocycles. The highest BCUT2D eigenvalue weighted by atomic mass is 16.5. The maximum Gasteiger partial charge on any atom is 0.161 e. The Morgan fingerprint density at radius 3 is 2.12 bits per heavy atom. The summed E-state index contributed by atoms with van der Waals surface area (Å²) in [5, 5.41) is 0. The summed E-state index contributed by atoms with van der Waals surface area (Å²) >= 11 is 0. The van der Waals surface area contributed by atoms with Crippen molar-refractivity contribution in [3.63, 3.8) is 0 Å². The fraction of sp³-hybridized carbons (Fsp3) is 0.538. The van der Waals surface area contributed by atoms with E-state index in [4.69, 9.17) is 9.47 Å². The minimum Gasteiger partial charge on any atom is -0.493 e. The topological polar surface area (TPSA) is 21.7 Å². The molecule has 0 unspecified atom stereocenters. The molecule has 1 fully saturated rings. The summed E-state index contributed by atoms with van der Waals surface area (Å²) in [4.78, 5) is 2.29. The van der Waals surface area contributed by atoms with E-state index in [1.54, 1.807) is 14.2 Å². The van der Waals surface area contributed by atoms with Crippen LogP contribution in [0.25, 0.3) is 0 Å². The predicted octanol–water partition coefficient (Wildman–Crippen LogP) is 2.25. The average molecular weight is 221 g/mol. The fourth-order valence-electron chi connectivity index (χ4n) is 2.24. The molecule has 0 amide bonds. The highest BCUT2D eigenvalue weighted by molar-refractivity contribution is 5.46. The van der Waals surface area contributed by atoms with Crippen LogP contribution < -0.4 is 9.47 Å². The largest absolute Gasteiger partial charge is 0.493 e. The second kappa shape index (κ2) is 3.98. The van der Waals surface area contributed by atoms with Crippen molar-refractivity contribution in [1.82, 2.24) is 4.90 Å². The zero-order valence-electron chi connectivity index (χ0n) is 10.4. The van der Waals surface area contributed by atoms with Crippen LogP contribution in [0.2, 0.25) is 0 Å². The van der Waals surface area contributed by atoms with Crippen LogP contribution in [0, 0.1) is 0 Å². The summed E-state index contributed by atoms with van der Waals surface area (Å²) in [6.45, 7) is 0. The van der Waals surface area contributed by atoms with Gasteiger partial charge in [0.25, 0.3) is 0 Å². The molecule has 2 rings (SSSR count). The van der Waals surface area contributed by atoms with Gasteiger partial charge in [-0.15, -0.1) is 0 Å². The van der Waals surface area contributed by atoms with Gasteiger partial charge in [-0.05, 0) is 44.6 Å². The van der Waals surface area contributed by atoms with E-state index in [2.05, 4.69) is 31.1 Å². The van der Waals surface area contributed by atoms with Gasteiger partial charge in [0.1, 0.15) is 0 Å². The molecule has 0 atom stereocenters. The van der Waals surface area contributed by atoms with Gasteiger partial charge in [-0.25, -0.2) is 0 Å². The van der Waals surface area contributed by atoms with Crippen LogP contribution in [-0.4, -0.2) is 33.2 Å². The molecule has 88 valence electrons. The first kappa shape index (κ1) is 11.3. The first-order chi connectivity index (χ1) is 7.64. The van der Waals surface area contributed by atoms with E-state index in [-0.39, 0.29) is 5.54 Å². The van der Waals surface area contributed by atoms with Crippen molar-refractivity contribution in [2.24, 2.45) is 0 Å². The molecule has 1 aliphatic carbocycles. The van der Waals surface area contributed by atoms with Crippen molar-refractivity contribution in [3.8, 4) is 11.5 Å². The molecule has 0 heterocycles. The Morgan fingerprint density at radius 1 is 1.06 bits per heavy atom. The summed E-state index contributed by atoms with van der Waals surface area (Å²) in [6, 6.07) is 6.21. The molecule has 1 saturated carbocycles. The van der Waals surface area contributed by atoms with Crippen molar-refractivity contribution in [1.29, 1.82) is 0 Å². The van der Waals surface area contributed by atoms with Crippen LogP contribution in [0.1, 0.15) is 18.4 Å². The fourth-order valence-corrected chi connectivity index (χ4v) is 2.24. The lowest BCUT2D eigenvalue weighted by atomic mass is 10.0. The third-order valence-corrected chi connectivity index (χ3v) is 3.50. The van der Waals surface area contributed by atoms with Gasteiger partial charge in [0.2, 0.25) is 0 Å². The summed E-state index contributed by atoms with van der Waals surface area (Å²) in [5.41, 5.74) is 1.54. The molecule has 0 saturated heterocycles. The van der Waals surface area contributed by atoms with Crippen LogP contribution >= 0.6 is 0 Å². The Bertz CT molecular complexity index is 384. The molecule has 0 aliphatic heterocycles. The van der Waals surface area contributed by atoms with Crippen LogP contribution in [0.15, 0.2) is 18.2 Å². The first-order valence-corrected chi connectivity index (χ1v) is 5.54. The quantitative estimate of drug-likeness (QED) is 0.778. The molecule has 1 aliphatic rings. The van der Waals surface area contributed by atoms with Gasteiger partial charge in [0, 0.05) is 5.54 Å². The van der Waals surface area contributed by atoms with E-state index in [9.17, 15) is 0 Å². The lowest BCUT2D eigenvalue weighted by Crippen LogP contribution is -2.27. The standard InChI is InChI=1S/C13H19NO2/c1-14(2)13(7-8-13)10-5-6-11(15-3)12(9-10)16-4/h5-6,9H,7-8H2,1-4H3. The third kappa shape index (κ3) is 1.65. The predicted molar refractivity (Wildman–Crippen MR) is 64.1 cm³/mol. The lowest BCUT2D eigenvalue weighted by molar-refractivity contribution is 0.274. The van der Waals surface area contributed by atoms with Crippen molar-refractivity contribution in [2.45, 2.75) is 18.4 Å². The highest BCUT2D eigenvalue weighted by Crippen LogP contribution is 2.51. The van der Waals surface area contributed by atoms with Crippen LogP contribution in [0.3, 0.4) is 0 Å². The average Bonchev–Trinajstić information content (AvgIpc) is 3.09. The number of rotatable bonds is 4. The summed E-state index contributed by atoms with van der Waals surface area (Å²) in [5.74, 6) is 1.61. The van der Waals surface area contributed by atoms with Gasteiger partial charge in [-0.2, -0.15) is 0 Å². The molecule has 3 nitrogen and oxygen atoms in total. The third-order valence-electron chi connectivity index (χ3n) is 3.50. The maximum absolute atomic E-state index is 5.34. The molecule has 16 heavy (non-hydrogen) atoms. The number of ether oxygens (including phenoxy) is 2. The highest BCUT2D eigenvalue weighted by Gasteiger charge is 2.46. The maximum atomic E-state index is 5.34. The van der Waals surface area contributed by atoms with Gasteiger partial charge in [-0.1, -0.05) is 6.07 Å². The van der Waals surface area contributed by atoms with E-state index >= 15 is 0 Å². The molecular weight excluding hydrogens is 202 g/mol. The number of nitrogens with zero attached hydrogens (tertiary/aromatic N) is 1. The Balaban J connectivity index is 2.37. The van der Waals surface area contributed by atoms with Crippen molar-refractivity contribution in [2.75, 3.05) is 28.3 Å². The van der Waals surface area contributed by atoms with E-state index in [1.165, 1.54) is 18.4 Å². The summed E-state index contributed by atoms with van der Waals surface area (Å²) in [7, 11) is 7.60. The molecule has 0 spiro atoms. The molecule has 3 heteroatoms. The summed E-state index contributed by atoms with van der Waals surface area (Å²) < 4.78 is 10.6. The first-order valence-electron chi connectivity index (χ1n) is 5.54. The van der Waals surface area contributed by atoms with E-state index < -0.39 is 0 Å². The van der Waals surface area contributed by atoms with Crippen LogP contribution in [0.4, 0.5) is 0 Å². The lowest BCUT2D eigenvalue weighted by Gasteiger charge is -2.25. The van der Waals surface area contributed by atoms with E-state index in [0.29, 0.717) is 0 Å². The monoisotopic (exact) mass is 221 g/mol. The molecule has 0 radical (unpaired) electrons. The zero-order chi connectivity index (χ0) is 11.8.